The van der Waals surface area contributed by atoms with Crippen molar-refractivity contribution in [2.75, 3.05) is 0 Å². The van der Waals surface area contributed by atoms with Crippen LogP contribution in [0.25, 0.3) is 206 Å². The van der Waals surface area contributed by atoms with Crippen molar-refractivity contribution >= 4 is 81.3 Å². The van der Waals surface area contributed by atoms with Crippen molar-refractivity contribution in [1.82, 2.24) is 43.6 Å². The van der Waals surface area contributed by atoms with E-state index in [1.165, 1.54) is 98.9 Å². The lowest BCUT2D eigenvalue weighted by Crippen LogP contribution is -2.00. The third-order valence-corrected chi connectivity index (χ3v) is 24.3. The summed E-state index contributed by atoms with van der Waals surface area (Å²) in [7, 11) is 0. The highest BCUT2D eigenvalue weighted by atomic mass is 79.9. The molecule has 0 unspecified atom stereocenters. The van der Waals surface area contributed by atoms with Gasteiger partial charge in [0, 0.05) is 98.4 Å². The predicted molar refractivity (Wildman–Crippen MR) is 519 cm³/mol. The highest BCUT2D eigenvalue weighted by Gasteiger charge is 2.28. The molecule has 10 heteroatoms. The highest BCUT2D eigenvalue weighted by Crippen LogP contribution is 2.49. The van der Waals surface area contributed by atoms with Gasteiger partial charge in [-0.15, -0.1) is 0 Å². The van der Waals surface area contributed by atoms with Crippen molar-refractivity contribution < 1.29 is 0 Å². The first kappa shape index (κ1) is 75.1. The number of para-hydroxylation sites is 7. The maximum absolute atomic E-state index is 5.07. The van der Waals surface area contributed by atoms with Crippen LogP contribution in [0.1, 0.15) is 11.1 Å². The molecule has 1 aliphatic carbocycles. The molecular weight excluding hydrogens is 1590 g/mol. The van der Waals surface area contributed by atoms with Crippen molar-refractivity contribution in [3.63, 3.8) is 0 Å². The van der Waals surface area contributed by atoms with Crippen LogP contribution in [0.15, 0.2) is 453 Å². The average Bonchev–Trinajstić information content (AvgIpc) is 1.57. The molecule has 588 valence electrons. The molecule has 0 aliphatic heterocycles. The van der Waals surface area contributed by atoms with Crippen LogP contribution >= 0.6 is 15.9 Å². The molecule has 0 saturated carbocycles. The Morgan fingerprint density at radius 1 is 0.176 bits per heavy atom. The molecule has 0 N–H and O–H groups in total. The SMILES string of the molecule is Brc1ccccc1.c1ccc(-c2nc(-c3ccccc3)nc(-c3cccc(-c4cccc5c4Cc4c(-c6ccc7c8ccccc8n(-c8ccccc8)c7c6)cccc4-5)c3)n2)cc1.c1ccc(-c2nc(-c3ccccc3)nc(-c3cccc(-c4cccc5c6cccc(-c7ccc8c9ccccc9n(-c9ccccc9)c8c7)c6n(-c6ccccc6)c45)c3)n2)cc1. The maximum Gasteiger partial charge on any atom is 0.164 e. The average molecular weight is 1660 g/mol. The molecule has 0 spiro atoms. The molecular formula is C115H76BrN9. The minimum Gasteiger partial charge on any atom is -0.309 e. The smallest absolute Gasteiger partial charge is 0.164 e. The van der Waals surface area contributed by atoms with Crippen LogP contribution in [-0.4, -0.2) is 43.6 Å². The van der Waals surface area contributed by atoms with Gasteiger partial charge in [0.25, 0.3) is 0 Å². The number of nitrogens with zero attached hydrogens (tertiary/aromatic N) is 9. The van der Waals surface area contributed by atoms with Crippen LogP contribution in [-0.2, 0) is 6.42 Å². The zero-order valence-corrected chi connectivity index (χ0v) is 69.4. The first-order valence-electron chi connectivity index (χ1n) is 42.1. The molecule has 0 amide bonds. The standard InChI is InChI=1S/C57H37N5.C52H34N4.C6H5Br/c1-5-18-38(19-6-1)55-58-56(39-20-7-2-8-21-39)60-57(59-55)42-23-15-22-40(36-42)45-29-16-31-49-50-32-17-30-46(54(50)62(53(45)49)44-26-11-4-12-27-44)41-34-35-48-47-28-13-14-33-51(47)61(52(48)37-41)43-24-9-3-10-25-43;1-4-15-34(16-5-1)50-53-51(35-17-6-2-7-18-35)55-52(54-50)38-20-12-19-36(31-38)40-24-13-26-42-43-27-14-25-41(47(43)33-46(40)42)37-29-30-45-44-23-10-11-28-48(44)56(49(45)32-37)39-21-8-3-9-22-39;7-6-4-2-1-3-5-6/h1-37H;1-32H,33H2;1-5H. The van der Waals surface area contributed by atoms with Gasteiger partial charge >= 0.3 is 0 Å². The number of aromatic nitrogens is 9. The summed E-state index contributed by atoms with van der Waals surface area (Å²) in [6, 6.07) is 158. The Morgan fingerprint density at radius 2 is 0.432 bits per heavy atom. The molecule has 125 heavy (non-hydrogen) atoms. The Labute approximate surface area is 731 Å². The number of hydrogen-bond acceptors (Lipinski definition) is 6. The molecule has 5 aromatic heterocycles. The third kappa shape index (κ3) is 14.2. The second kappa shape index (κ2) is 32.8. The fourth-order valence-electron chi connectivity index (χ4n) is 18.1. The molecule has 0 fully saturated rings. The van der Waals surface area contributed by atoms with Crippen molar-refractivity contribution in [1.29, 1.82) is 0 Å². The van der Waals surface area contributed by atoms with Gasteiger partial charge in [-0.1, -0.05) is 380 Å². The largest absolute Gasteiger partial charge is 0.309 e. The summed E-state index contributed by atoms with van der Waals surface area (Å²) in [4.78, 5) is 30.0. The molecule has 0 atom stereocenters. The van der Waals surface area contributed by atoms with Crippen LogP contribution in [0.4, 0.5) is 0 Å². The molecule has 9 nitrogen and oxygen atoms in total. The van der Waals surface area contributed by atoms with Crippen LogP contribution in [0, 0.1) is 0 Å². The first-order chi connectivity index (χ1) is 61.9. The number of halogens is 1. The van der Waals surface area contributed by atoms with Gasteiger partial charge in [0.2, 0.25) is 0 Å². The van der Waals surface area contributed by atoms with Crippen molar-refractivity contribution in [2.24, 2.45) is 0 Å². The number of rotatable bonds is 13. The Morgan fingerprint density at radius 3 is 0.808 bits per heavy atom. The van der Waals surface area contributed by atoms with Gasteiger partial charge in [0.05, 0.1) is 33.1 Å². The van der Waals surface area contributed by atoms with E-state index >= 15 is 0 Å². The highest BCUT2D eigenvalue weighted by molar-refractivity contribution is 9.10. The van der Waals surface area contributed by atoms with Gasteiger partial charge in [-0.25, -0.2) is 29.9 Å². The molecule has 0 bridgehead atoms. The molecule has 0 saturated heterocycles. The van der Waals surface area contributed by atoms with E-state index in [1.54, 1.807) is 0 Å². The van der Waals surface area contributed by atoms with E-state index in [0.29, 0.717) is 34.9 Å². The van der Waals surface area contributed by atoms with E-state index < -0.39 is 0 Å². The lowest BCUT2D eigenvalue weighted by molar-refractivity contribution is 1.07. The Balaban J connectivity index is 0.000000138. The number of fused-ring (bicyclic) bond motifs is 12. The monoisotopic (exact) mass is 1660 g/mol. The number of benzene rings is 18. The second-order valence-electron chi connectivity index (χ2n) is 31.3. The van der Waals surface area contributed by atoms with Crippen molar-refractivity contribution in [3.8, 4) is 141 Å². The van der Waals surface area contributed by atoms with E-state index in [9.17, 15) is 0 Å². The van der Waals surface area contributed by atoms with Gasteiger partial charge < -0.3 is 13.7 Å². The predicted octanol–water partition coefficient (Wildman–Crippen LogP) is 29.7. The van der Waals surface area contributed by atoms with E-state index in [2.05, 4.69) is 327 Å². The van der Waals surface area contributed by atoms with Gasteiger partial charge in [0.15, 0.2) is 34.9 Å². The molecule has 0 radical (unpaired) electrons. The topological polar surface area (TPSA) is 92.1 Å². The summed E-state index contributed by atoms with van der Waals surface area (Å²) in [5.41, 5.74) is 30.9. The molecule has 24 rings (SSSR count). The first-order valence-corrected chi connectivity index (χ1v) is 42.9. The maximum atomic E-state index is 5.07. The zero-order valence-electron chi connectivity index (χ0n) is 67.8. The van der Waals surface area contributed by atoms with Crippen molar-refractivity contribution in [3.05, 3.63) is 465 Å². The second-order valence-corrected chi connectivity index (χ2v) is 32.2. The normalized spacial score (nSPS) is 11.5. The van der Waals surface area contributed by atoms with Gasteiger partial charge in [-0.3, -0.25) is 0 Å². The fourth-order valence-corrected chi connectivity index (χ4v) is 18.4. The van der Waals surface area contributed by atoms with Crippen LogP contribution in [0.3, 0.4) is 0 Å². The minimum absolute atomic E-state index is 0.626. The van der Waals surface area contributed by atoms with E-state index in [0.717, 1.165) is 94.6 Å². The van der Waals surface area contributed by atoms with E-state index in [4.69, 9.17) is 29.9 Å². The Bertz CT molecular complexity index is 7860. The van der Waals surface area contributed by atoms with Crippen molar-refractivity contribution in [2.45, 2.75) is 6.42 Å². The summed E-state index contributed by atoms with van der Waals surface area (Å²) in [5.74, 6) is 3.88. The summed E-state index contributed by atoms with van der Waals surface area (Å²) >= 11 is 3.31. The summed E-state index contributed by atoms with van der Waals surface area (Å²) in [6.45, 7) is 0. The van der Waals surface area contributed by atoms with Gasteiger partial charge in [-0.2, -0.15) is 0 Å². The Kier molecular flexibility index (Phi) is 19.7. The minimum atomic E-state index is 0.626. The molecule has 1 aliphatic rings. The fraction of sp³-hybridized carbons (Fsp3) is 0.00870. The Hall–Kier alpha value is -16.1. The van der Waals surface area contributed by atoms with Gasteiger partial charge in [-0.05, 0) is 147 Å². The van der Waals surface area contributed by atoms with E-state index in [-0.39, 0.29) is 0 Å². The summed E-state index contributed by atoms with van der Waals surface area (Å²) < 4.78 is 8.39. The number of hydrogen-bond donors (Lipinski definition) is 0. The summed E-state index contributed by atoms with van der Waals surface area (Å²) in [6.07, 6.45) is 0.850. The molecule has 18 aromatic carbocycles. The molecule has 23 aromatic rings. The molecule has 5 heterocycles. The quantitative estimate of drug-likeness (QED) is 0.114. The lowest BCUT2D eigenvalue weighted by atomic mass is 9.94. The summed E-state index contributed by atoms with van der Waals surface area (Å²) in [5, 5.41) is 7.38. The van der Waals surface area contributed by atoms with Crippen LogP contribution < -0.4 is 0 Å². The zero-order chi connectivity index (χ0) is 83.1. The van der Waals surface area contributed by atoms with Gasteiger partial charge in [0.1, 0.15) is 0 Å². The van der Waals surface area contributed by atoms with E-state index in [1.807, 2.05) is 152 Å². The van der Waals surface area contributed by atoms with Crippen LogP contribution in [0.2, 0.25) is 0 Å². The van der Waals surface area contributed by atoms with Crippen LogP contribution in [0.5, 0.6) is 0 Å². The third-order valence-electron chi connectivity index (χ3n) is 23.8. The lowest BCUT2D eigenvalue weighted by Gasteiger charge is -2.15.